The summed E-state index contributed by atoms with van der Waals surface area (Å²) in [5, 5.41) is 21.3. The Kier molecular flexibility index (Phi) is 8.77. The van der Waals surface area contributed by atoms with E-state index < -0.39 is 54.2 Å². The van der Waals surface area contributed by atoms with Gasteiger partial charge in [0.1, 0.15) is 0 Å². The van der Waals surface area contributed by atoms with Crippen molar-refractivity contribution in [2.24, 2.45) is 0 Å². The molecule has 0 aliphatic rings. The van der Waals surface area contributed by atoms with Crippen LogP contribution < -0.4 is 14.2 Å². The lowest BCUT2D eigenvalue weighted by Gasteiger charge is -2.33. The molecule has 1 aromatic heterocycles. The summed E-state index contributed by atoms with van der Waals surface area (Å²) in [6.07, 6.45) is -10.0. The second kappa shape index (κ2) is 11.4. The summed E-state index contributed by atoms with van der Waals surface area (Å²) >= 11 is 0. The summed E-state index contributed by atoms with van der Waals surface area (Å²) in [5.41, 5.74) is -5.67. The van der Waals surface area contributed by atoms with Gasteiger partial charge in [0, 0.05) is 23.1 Å². The van der Waals surface area contributed by atoms with Crippen LogP contribution in [0.1, 0.15) is 33.7 Å². The second-order valence-corrected chi connectivity index (χ2v) is 8.56. The number of ether oxygens (including phenoxy) is 2. The molecule has 1 N–H and O–H groups in total. The number of benzene rings is 2. The summed E-state index contributed by atoms with van der Waals surface area (Å²) in [7, 11) is 0. The maximum Gasteiger partial charge on any atom is 0.430 e. The van der Waals surface area contributed by atoms with Crippen molar-refractivity contribution in [3.63, 3.8) is 0 Å². The van der Waals surface area contributed by atoms with E-state index in [2.05, 4.69) is 9.47 Å². The number of halogens is 10. The van der Waals surface area contributed by atoms with Crippen LogP contribution in [0.15, 0.2) is 60.9 Å². The van der Waals surface area contributed by atoms with Gasteiger partial charge in [-0.25, -0.2) is 0 Å². The minimum Gasteiger partial charge on any atom is -0.619 e. The van der Waals surface area contributed by atoms with Gasteiger partial charge >= 0.3 is 25.6 Å². The number of hydrogen-bond donors (Lipinski definition) is 1. The van der Waals surface area contributed by atoms with Crippen LogP contribution in [0.4, 0.5) is 43.9 Å². The maximum absolute atomic E-state index is 13.3. The van der Waals surface area contributed by atoms with Crippen LogP contribution in [-0.4, -0.2) is 30.7 Å². The lowest BCUT2D eigenvalue weighted by Crippen LogP contribution is -2.53. The van der Waals surface area contributed by atoms with Crippen molar-refractivity contribution < 1.29 is 63.2 Å². The van der Waals surface area contributed by atoms with Gasteiger partial charge in [-0.15, -0.1) is 0 Å². The van der Waals surface area contributed by atoms with Crippen molar-refractivity contribution in [1.82, 2.24) is 0 Å². The molecular weight excluding hydrogens is 568 g/mol. The number of pyridine rings is 1. The topological polar surface area (TPSA) is 65.6 Å². The molecule has 0 fully saturated rings. The van der Waals surface area contributed by atoms with Crippen molar-refractivity contribution in [3.8, 4) is 11.5 Å². The quantitative estimate of drug-likeness (QED) is 0.176. The fourth-order valence-corrected chi connectivity index (χ4v) is 4.06. The maximum atomic E-state index is 13.3. The van der Waals surface area contributed by atoms with Gasteiger partial charge in [0.25, 0.3) is 5.60 Å². The highest BCUT2D eigenvalue weighted by molar-refractivity contribution is 5.47. The molecule has 0 radical (unpaired) electrons. The van der Waals surface area contributed by atoms with Crippen LogP contribution in [0, 0.1) is 12.1 Å². The first-order chi connectivity index (χ1) is 18.4. The van der Waals surface area contributed by atoms with Crippen molar-refractivity contribution >= 4 is 0 Å². The normalized spacial score (nSPS) is 13.6. The molecule has 0 amide bonds. The van der Waals surface area contributed by atoms with E-state index in [1.165, 1.54) is 18.3 Å². The van der Waals surface area contributed by atoms with E-state index in [9.17, 15) is 54.2 Å². The van der Waals surface area contributed by atoms with Crippen molar-refractivity contribution in [2.75, 3.05) is 0 Å². The lowest BCUT2D eigenvalue weighted by atomic mass is 9.83. The first-order valence-electron chi connectivity index (χ1n) is 11.1. The van der Waals surface area contributed by atoms with Crippen LogP contribution in [0.2, 0.25) is 0 Å². The molecule has 40 heavy (non-hydrogen) atoms. The molecule has 1 unspecified atom stereocenters. The van der Waals surface area contributed by atoms with Crippen molar-refractivity contribution in [1.29, 1.82) is 0 Å². The average Bonchev–Trinajstić information content (AvgIpc) is 2.82. The third kappa shape index (κ3) is 6.51. The van der Waals surface area contributed by atoms with E-state index >= 15 is 0 Å². The summed E-state index contributed by atoms with van der Waals surface area (Å²) in [6.45, 7) is -5.32. The minimum atomic E-state index is -6.12. The van der Waals surface area contributed by atoms with E-state index in [0.717, 1.165) is 30.5 Å². The summed E-state index contributed by atoms with van der Waals surface area (Å²) < 4.78 is 140. The lowest BCUT2D eigenvalue weighted by molar-refractivity contribution is -0.605. The number of hydrogen-bond acceptors (Lipinski definition) is 4. The number of aliphatic hydroxyl groups is 1. The van der Waals surface area contributed by atoms with Crippen LogP contribution in [-0.2, 0) is 12.0 Å². The highest BCUT2D eigenvalue weighted by atomic mass is 19.4. The van der Waals surface area contributed by atoms with Gasteiger partial charge in [-0.1, -0.05) is 30.3 Å². The number of rotatable bonds is 9. The van der Waals surface area contributed by atoms with Gasteiger partial charge < -0.3 is 19.8 Å². The first kappa shape index (κ1) is 30.8. The zero-order valence-corrected chi connectivity index (χ0v) is 20.1. The molecule has 0 saturated heterocycles. The van der Waals surface area contributed by atoms with E-state index in [1.54, 1.807) is 6.92 Å². The molecule has 5 nitrogen and oxygen atoms in total. The number of aromatic nitrogens is 1. The summed E-state index contributed by atoms with van der Waals surface area (Å²) in [6, 6.07) is 6.92. The van der Waals surface area contributed by atoms with Crippen LogP contribution in [0.3, 0.4) is 0 Å². The van der Waals surface area contributed by atoms with Gasteiger partial charge in [0.05, 0.1) is 0 Å². The Morgan fingerprint density at radius 1 is 0.800 bits per heavy atom. The van der Waals surface area contributed by atoms with Crippen molar-refractivity contribution in [2.45, 2.75) is 50.4 Å². The number of nitrogens with zero attached hydrogens (tertiary/aromatic N) is 1. The molecule has 0 saturated carbocycles. The van der Waals surface area contributed by atoms with Crippen LogP contribution in [0.25, 0.3) is 0 Å². The molecule has 1 heterocycles. The number of aryl methyl sites for hydroxylation is 1. The zero-order valence-electron chi connectivity index (χ0n) is 20.1. The Morgan fingerprint density at radius 2 is 1.32 bits per heavy atom. The average molecular weight is 587 g/mol. The minimum absolute atomic E-state index is 0.0548. The Bertz CT molecular complexity index is 1300. The number of alkyl halides is 10. The van der Waals surface area contributed by atoms with E-state index in [-0.39, 0.29) is 17.5 Å². The van der Waals surface area contributed by atoms with Gasteiger partial charge in [0.15, 0.2) is 23.9 Å². The smallest absolute Gasteiger partial charge is 0.430 e. The third-order valence-corrected chi connectivity index (χ3v) is 6.03. The molecule has 0 spiro atoms. The molecule has 0 bridgehead atoms. The van der Waals surface area contributed by atoms with E-state index in [1.807, 2.05) is 0 Å². The molecule has 2 aromatic carbocycles. The largest absolute Gasteiger partial charge is 0.619 e. The van der Waals surface area contributed by atoms with E-state index in [0.29, 0.717) is 28.0 Å². The van der Waals surface area contributed by atoms with Crippen molar-refractivity contribution in [3.05, 3.63) is 93.9 Å². The third-order valence-electron chi connectivity index (χ3n) is 6.03. The Labute approximate surface area is 219 Å². The fourth-order valence-electron chi connectivity index (χ4n) is 4.06. The SMILES string of the molecule is Cc1c[n+]([O-])ccc1CC(c1ccc(C(O)(C(F)(F)F)C(F)(F)F)cc1)c1ccc(OC(F)F)c(OC(F)F)c1. The molecular formula is C25H19F10NO4. The molecule has 218 valence electrons. The Morgan fingerprint density at radius 3 is 1.82 bits per heavy atom. The van der Waals surface area contributed by atoms with Gasteiger partial charge in [-0.3, -0.25) is 0 Å². The molecule has 1 atom stereocenters. The fraction of sp³-hybridized carbons (Fsp3) is 0.320. The van der Waals surface area contributed by atoms with Crippen LogP contribution in [0.5, 0.6) is 11.5 Å². The van der Waals surface area contributed by atoms with Gasteiger partial charge in [0.2, 0.25) is 0 Å². The molecule has 3 rings (SSSR count). The Hall–Kier alpha value is -3.75. The predicted molar refractivity (Wildman–Crippen MR) is 118 cm³/mol. The highest BCUT2D eigenvalue weighted by Gasteiger charge is 2.71. The predicted octanol–water partition coefficient (Wildman–Crippen LogP) is 6.52. The molecule has 0 aliphatic carbocycles. The van der Waals surface area contributed by atoms with Gasteiger partial charge in [-0.05, 0) is 42.2 Å². The zero-order chi connectivity index (χ0) is 30.0. The summed E-state index contributed by atoms with van der Waals surface area (Å²) in [5.74, 6) is -2.56. The molecule has 0 aliphatic heterocycles. The summed E-state index contributed by atoms with van der Waals surface area (Å²) in [4.78, 5) is 0. The first-order valence-corrected chi connectivity index (χ1v) is 11.1. The molecule has 15 heteroatoms. The standard InChI is InChI=1S/C25H19F10NO4/c1-13-12-36(38)9-8-15(13)10-18(16-4-7-19(39-21(26)27)20(11-16)40-22(28)29)14-2-5-17(6-3-14)23(37,24(30,31)32)25(33,34)35/h2-9,11-12,18,21-22,37H,10H2,1H3. The Balaban J connectivity index is 2.15. The second-order valence-electron chi connectivity index (χ2n) is 8.56. The highest BCUT2D eigenvalue weighted by Crippen LogP contribution is 2.50. The molecule has 3 aromatic rings. The van der Waals surface area contributed by atoms with Gasteiger partial charge in [-0.2, -0.15) is 48.6 Å². The van der Waals surface area contributed by atoms with Crippen LogP contribution >= 0.6 is 0 Å². The monoisotopic (exact) mass is 587 g/mol. The van der Waals surface area contributed by atoms with E-state index in [4.69, 9.17) is 0 Å².